The van der Waals surface area contributed by atoms with Crippen LogP contribution in [-0.2, 0) is 0 Å². The van der Waals surface area contributed by atoms with E-state index in [1.165, 1.54) is 0 Å². The largest absolute Gasteiger partial charge is 0.497 e. The molecule has 0 spiro atoms. The molecular weight excluding hydrogens is 328 g/mol. The van der Waals surface area contributed by atoms with E-state index in [0.717, 1.165) is 33.3 Å². The van der Waals surface area contributed by atoms with Crippen molar-refractivity contribution in [3.8, 4) is 33.9 Å². The SMILES string of the molecule is COc1cc(OC)cc(-c2cnc(N)nc2-c2c[nH]c3ccccc23)c1. The number of H-pyrrole nitrogens is 1. The van der Waals surface area contributed by atoms with E-state index in [1.807, 2.05) is 42.6 Å². The van der Waals surface area contributed by atoms with Crippen LogP contribution in [-0.4, -0.2) is 29.2 Å². The van der Waals surface area contributed by atoms with Crippen LogP contribution in [0.15, 0.2) is 54.9 Å². The van der Waals surface area contributed by atoms with Gasteiger partial charge in [-0.1, -0.05) is 18.2 Å². The molecule has 0 amide bonds. The Hall–Kier alpha value is -3.54. The van der Waals surface area contributed by atoms with Gasteiger partial charge in [0, 0.05) is 40.5 Å². The number of methoxy groups -OCH3 is 2. The van der Waals surface area contributed by atoms with Crippen molar-refractivity contribution < 1.29 is 9.47 Å². The van der Waals surface area contributed by atoms with Gasteiger partial charge in [0.25, 0.3) is 0 Å². The number of aromatic nitrogens is 3. The highest BCUT2D eigenvalue weighted by molar-refractivity contribution is 5.98. The number of nitrogens with two attached hydrogens (primary N) is 1. The molecule has 0 fully saturated rings. The van der Waals surface area contributed by atoms with Crippen LogP contribution in [0.1, 0.15) is 0 Å². The van der Waals surface area contributed by atoms with E-state index >= 15 is 0 Å². The molecule has 0 aliphatic heterocycles. The number of nitrogen functional groups attached to an aromatic ring is 1. The number of aromatic amines is 1. The fourth-order valence-corrected chi connectivity index (χ4v) is 3.04. The predicted molar refractivity (Wildman–Crippen MR) is 102 cm³/mol. The summed E-state index contributed by atoms with van der Waals surface area (Å²) in [5.74, 6) is 1.62. The maximum atomic E-state index is 5.89. The Morgan fingerprint density at radius 3 is 2.42 bits per heavy atom. The number of nitrogens with zero attached hydrogens (tertiary/aromatic N) is 2. The molecule has 0 bridgehead atoms. The minimum atomic E-state index is 0.226. The second-order valence-electron chi connectivity index (χ2n) is 5.84. The molecule has 6 heteroatoms. The zero-order valence-corrected chi connectivity index (χ0v) is 14.5. The third kappa shape index (κ3) is 2.71. The highest BCUT2D eigenvalue weighted by atomic mass is 16.5. The van der Waals surface area contributed by atoms with Gasteiger partial charge in [-0.2, -0.15) is 0 Å². The Morgan fingerprint density at radius 2 is 1.69 bits per heavy atom. The van der Waals surface area contributed by atoms with Crippen molar-refractivity contribution in [1.29, 1.82) is 0 Å². The molecule has 0 aliphatic carbocycles. The van der Waals surface area contributed by atoms with Crippen molar-refractivity contribution >= 4 is 16.9 Å². The summed E-state index contributed by atoms with van der Waals surface area (Å²) < 4.78 is 10.8. The third-order valence-corrected chi connectivity index (χ3v) is 4.31. The van der Waals surface area contributed by atoms with Gasteiger partial charge < -0.3 is 20.2 Å². The van der Waals surface area contributed by atoms with Crippen molar-refractivity contribution in [2.45, 2.75) is 0 Å². The molecular formula is C20H18N4O2. The summed E-state index contributed by atoms with van der Waals surface area (Å²) in [5.41, 5.74) is 10.4. The molecule has 2 heterocycles. The maximum absolute atomic E-state index is 5.89. The summed E-state index contributed by atoms with van der Waals surface area (Å²) in [6.45, 7) is 0. The Labute approximate surface area is 150 Å². The number of benzene rings is 2. The van der Waals surface area contributed by atoms with E-state index < -0.39 is 0 Å². The van der Waals surface area contributed by atoms with E-state index in [-0.39, 0.29) is 5.95 Å². The normalized spacial score (nSPS) is 10.8. The van der Waals surface area contributed by atoms with E-state index in [4.69, 9.17) is 15.2 Å². The summed E-state index contributed by atoms with van der Waals surface area (Å²) >= 11 is 0. The quantitative estimate of drug-likeness (QED) is 0.585. The minimum Gasteiger partial charge on any atom is -0.497 e. The van der Waals surface area contributed by atoms with Gasteiger partial charge in [-0.15, -0.1) is 0 Å². The summed E-state index contributed by atoms with van der Waals surface area (Å²) in [6, 6.07) is 13.7. The molecule has 4 rings (SSSR count). The Balaban J connectivity index is 1.97. The van der Waals surface area contributed by atoms with Crippen molar-refractivity contribution in [1.82, 2.24) is 15.0 Å². The van der Waals surface area contributed by atoms with E-state index in [9.17, 15) is 0 Å². The summed E-state index contributed by atoms with van der Waals surface area (Å²) in [4.78, 5) is 12.0. The van der Waals surface area contributed by atoms with Crippen LogP contribution < -0.4 is 15.2 Å². The fourth-order valence-electron chi connectivity index (χ4n) is 3.04. The highest BCUT2D eigenvalue weighted by Gasteiger charge is 2.16. The van der Waals surface area contributed by atoms with Crippen molar-refractivity contribution in [3.63, 3.8) is 0 Å². The molecule has 6 nitrogen and oxygen atoms in total. The molecule has 2 aromatic heterocycles. The van der Waals surface area contributed by atoms with E-state index in [2.05, 4.69) is 21.0 Å². The molecule has 0 atom stereocenters. The van der Waals surface area contributed by atoms with Gasteiger partial charge in [-0.05, 0) is 23.8 Å². The molecule has 0 unspecified atom stereocenters. The molecule has 3 N–H and O–H groups in total. The molecule has 26 heavy (non-hydrogen) atoms. The second kappa shape index (κ2) is 6.40. The zero-order valence-electron chi connectivity index (χ0n) is 14.5. The van der Waals surface area contributed by atoms with Crippen LogP contribution in [0.4, 0.5) is 5.95 Å². The van der Waals surface area contributed by atoms with Crippen LogP contribution in [0.25, 0.3) is 33.3 Å². The Morgan fingerprint density at radius 1 is 0.962 bits per heavy atom. The van der Waals surface area contributed by atoms with Gasteiger partial charge in [0.15, 0.2) is 0 Å². The number of hydrogen-bond donors (Lipinski definition) is 2. The van der Waals surface area contributed by atoms with Crippen LogP contribution in [0.5, 0.6) is 11.5 Å². The molecule has 0 aliphatic rings. The number of fused-ring (bicyclic) bond motifs is 1. The van der Waals surface area contributed by atoms with Gasteiger partial charge >= 0.3 is 0 Å². The standard InChI is InChI=1S/C20H18N4O2/c1-25-13-7-12(8-14(9-13)26-2)16-10-23-20(21)24-19(16)17-11-22-18-6-4-3-5-15(17)18/h3-11,22H,1-2H3,(H2,21,23,24). The van der Waals surface area contributed by atoms with Gasteiger partial charge in [0.2, 0.25) is 5.95 Å². The lowest BCUT2D eigenvalue weighted by Crippen LogP contribution is -1.99. The fraction of sp³-hybridized carbons (Fsp3) is 0.100. The molecule has 2 aromatic carbocycles. The monoisotopic (exact) mass is 346 g/mol. The molecule has 0 saturated carbocycles. The highest BCUT2D eigenvalue weighted by Crippen LogP contribution is 2.37. The van der Waals surface area contributed by atoms with Crippen LogP contribution >= 0.6 is 0 Å². The summed E-state index contributed by atoms with van der Waals surface area (Å²) in [6.07, 6.45) is 3.67. The first kappa shape index (κ1) is 16.0. The lowest BCUT2D eigenvalue weighted by Gasteiger charge is -2.12. The third-order valence-electron chi connectivity index (χ3n) is 4.31. The number of ether oxygens (including phenoxy) is 2. The van der Waals surface area contributed by atoms with E-state index in [1.54, 1.807) is 20.4 Å². The van der Waals surface area contributed by atoms with Gasteiger partial charge in [-0.25, -0.2) is 9.97 Å². The first-order valence-corrected chi connectivity index (χ1v) is 8.12. The summed E-state index contributed by atoms with van der Waals surface area (Å²) in [7, 11) is 3.25. The molecule has 0 saturated heterocycles. The first-order chi connectivity index (χ1) is 12.7. The maximum Gasteiger partial charge on any atom is 0.220 e. The number of hydrogen-bond acceptors (Lipinski definition) is 5. The van der Waals surface area contributed by atoms with Crippen LogP contribution in [0, 0.1) is 0 Å². The lowest BCUT2D eigenvalue weighted by molar-refractivity contribution is 0.394. The zero-order chi connectivity index (χ0) is 18.1. The van der Waals surface area contributed by atoms with Crippen LogP contribution in [0.2, 0.25) is 0 Å². The summed E-state index contributed by atoms with van der Waals surface area (Å²) in [5, 5.41) is 1.07. The van der Waals surface area contributed by atoms with Gasteiger partial charge in [-0.3, -0.25) is 0 Å². The Kier molecular flexibility index (Phi) is 3.93. The van der Waals surface area contributed by atoms with Crippen molar-refractivity contribution in [3.05, 3.63) is 54.9 Å². The second-order valence-corrected chi connectivity index (χ2v) is 5.84. The lowest BCUT2D eigenvalue weighted by atomic mass is 10.00. The number of para-hydroxylation sites is 1. The number of nitrogens with one attached hydrogen (secondary N) is 1. The minimum absolute atomic E-state index is 0.226. The van der Waals surface area contributed by atoms with Crippen LogP contribution in [0.3, 0.4) is 0 Å². The van der Waals surface area contributed by atoms with Gasteiger partial charge in [0.05, 0.1) is 19.9 Å². The average molecular weight is 346 g/mol. The smallest absolute Gasteiger partial charge is 0.220 e. The van der Waals surface area contributed by atoms with E-state index in [0.29, 0.717) is 11.5 Å². The topological polar surface area (TPSA) is 86.1 Å². The van der Waals surface area contributed by atoms with Gasteiger partial charge in [0.1, 0.15) is 11.5 Å². The number of anilines is 1. The van der Waals surface area contributed by atoms with Crippen molar-refractivity contribution in [2.75, 3.05) is 20.0 Å². The first-order valence-electron chi connectivity index (χ1n) is 8.12. The Bertz CT molecular complexity index is 1070. The molecule has 0 radical (unpaired) electrons. The molecule has 4 aromatic rings. The average Bonchev–Trinajstić information content (AvgIpc) is 3.11. The number of rotatable bonds is 4. The van der Waals surface area contributed by atoms with Crippen molar-refractivity contribution in [2.24, 2.45) is 0 Å². The predicted octanol–water partition coefficient (Wildman–Crippen LogP) is 3.89. The molecule has 130 valence electrons.